The number of amides is 1. The molecule has 2 rings (SSSR count). The molecule has 0 aliphatic carbocycles. The van der Waals surface area contributed by atoms with E-state index in [0.29, 0.717) is 13.0 Å². The molecule has 1 aromatic rings. The van der Waals surface area contributed by atoms with Crippen LogP contribution in [0.15, 0.2) is 11.0 Å². The minimum absolute atomic E-state index is 0.0181. The van der Waals surface area contributed by atoms with Crippen LogP contribution < -0.4 is 5.56 Å². The van der Waals surface area contributed by atoms with Gasteiger partial charge in [-0.15, -0.1) is 0 Å². The fraction of sp³-hybridized carbons (Fsp3) is 0.583. The molecule has 1 amide bonds. The fourth-order valence-corrected chi connectivity index (χ4v) is 4.44. The van der Waals surface area contributed by atoms with Crippen LogP contribution in [0.25, 0.3) is 0 Å². The smallest absolute Gasteiger partial charge is 0.287 e. The number of aromatic nitrogens is 2. The summed E-state index contributed by atoms with van der Waals surface area (Å²) in [5.74, 6) is -0.347. The molecule has 1 atom stereocenters. The number of sulfone groups is 1. The minimum Gasteiger partial charge on any atom is -0.337 e. The lowest BCUT2D eigenvalue weighted by Gasteiger charge is -2.26. The monoisotopic (exact) mass is 367 g/mol. The molecule has 1 saturated heterocycles. The molecule has 1 aliphatic heterocycles. The number of carbonyl (C=O) groups is 1. The van der Waals surface area contributed by atoms with E-state index in [9.17, 15) is 18.0 Å². The van der Waals surface area contributed by atoms with Gasteiger partial charge in [0.2, 0.25) is 5.91 Å². The van der Waals surface area contributed by atoms with Crippen LogP contribution in [0.2, 0.25) is 10.0 Å². The number of carbonyl (C=O) groups excluding carboxylic acids is 1. The zero-order valence-corrected chi connectivity index (χ0v) is 14.2. The van der Waals surface area contributed by atoms with E-state index in [-0.39, 0.29) is 40.0 Å². The van der Waals surface area contributed by atoms with E-state index >= 15 is 0 Å². The van der Waals surface area contributed by atoms with Gasteiger partial charge in [-0.1, -0.05) is 23.2 Å². The van der Waals surface area contributed by atoms with Gasteiger partial charge in [-0.25, -0.2) is 13.1 Å². The number of hydrogen-bond acceptors (Lipinski definition) is 5. The number of hydrogen-bond donors (Lipinski definition) is 0. The molecule has 1 aromatic heterocycles. The third kappa shape index (κ3) is 3.61. The van der Waals surface area contributed by atoms with Crippen molar-refractivity contribution in [1.82, 2.24) is 14.7 Å². The maximum Gasteiger partial charge on any atom is 0.287 e. The van der Waals surface area contributed by atoms with Crippen molar-refractivity contribution < 1.29 is 13.2 Å². The lowest BCUT2D eigenvalue weighted by molar-refractivity contribution is -0.133. The summed E-state index contributed by atoms with van der Waals surface area (Å²) in [5.41, 5.74) is -0.655. The van der Waals surface area contributed by atoms with E-state index in [2.05, 4.69) is 5.10 Å². The Hall–Kier alpha value is -1.12. The van der Waals surface area contributed by atoms with Crippen LogP contribution >= 0.6 is 23.2 Å². The molecule has 122 valence electrons. The molecule has 2 heterocycles. The van der Waals surface area contributed by atoms with Crippen LogP contribution in [0.1, 0.15) is 13.3 Å². The van der Waals surface area contributed by atoms with Crippen molar-refractivity contribution in [2.45, 2.75) is 25.9 Å². The molecular weight excluding hydrogens is 353 g/mol. The summed E-state index contributed by atoms with van der Waals surface area (Å²) in [4.78, 5) is 25.7. The van der Waals surface area contributed by atoms with Crippen molar-refractivity contribution in [2.75, 3.05) is 18.1 Å². The Bertz CT molecular complexity index is 747. The van der Waals surface area contributed by atoms with Gasteiger partial charge in [-0.2, -0.15) is 5.10 Å². The van der Waals surface area contributed by atoms with Gasteiger partial charge in [-0.05, 0) is 13.3 Å². The Balaban J connectivity index is 2.17. The van der Waals surface area contributed by atoms with Gasteiger partial charge in [0.15, 0.2) is 9.84 Å². The first-order valence-electron chi connectivity index (χ1n) is 6.66. The van der Waals surface area contributed by atoms with E-state index in [0.717, 1.165) is 4.68 Å². The summed E-state index contributed by atoms with van der Waals surface area (Å²) in [6, 6.07) is -0.360. The zero-order chi connectivity index (χ0) is 16.5. The van der Waals surface area contributed by atoms with Gasteiger partial charge >= 0.3 is 0 Å². The normalized spacial score (nSPS) is 20.0. The van der Waals surface area contributed by atoms with Crippen LogP contribution in [-0.2, 0) is 21.2 Å². The molecule has 1 aliphatic rings. The second-order valence-corrected chi connectivity index (χ2v) is 8.02. The Kier molecular flexibility index (Phi) is 5.14. The summed E-state index contributed by atoms with van der Waals surface area (Å²) in [6.07, 6.45) is 1.60. The van der Waals surface area contributed by atoms with Gasteiger partial charge in [0.25, 0.3) is 5.56 Å². The highest BCUT2D eigenvalue weighted by atomic mass is 35.5. The number of nitrogens with zero attached hydrogens (tertiary/aromatic N) is 3. The molecule has 0 unspecified atom stereocenters. The summed E-state index contributed by atoms with van der Waals surface area (Å²) < 4.78 is 24.0. The quantitative estimate of drug-likeness (QED) is 0.776. The van der Waals surface area contributed by atoms with Gasteiger partial charge in [-0.3, -0.25) is 9.59 Å². The predicted octanol–water partition coefficient (Wildman–Crippen LogP) is 0.586. The maximum absolute atomic E-state index is 12.3. The molecule has 1 fully saturated rings. The standard InChI is InChI=1S/C12H15Cl2N3O4S/c1-2-16(8-3-4-22(20,21)7-8)10(18)6-17-12(19)11(14)9(13)5-15-17/h5,8H,2-4,6-7H2,1H3/t8-/m0/s1. The van der Waals surface area contributed by atoms with E-state index in [1.807, 2.05) is 0 Å². The average molecular weight is 368 g/mol. The lowest BCUT2D eigenvalue weighted by atomic mass is 10.2. The Morgan fingerprint density at radius 1 is 1.50 bits per heavy atom. The highest BCUT2D eigenvalue weighted by molar-refractivity contribution is 7.91. The van der Waals surface area contributed by atoms with E-state index in [4.69, 9.17) is 23.2 Å². The predicted molar refractivity (Wildman–Crippen MR) is 83.0 cm³/mol. The molecule has 22 heavy (non-hydrogen) atoms. The first kappa shape index (κ1) is 17.2. The second-order valence-electron chi connectivity index (χ2n) is 5.01. The third-order valence-corrected chi connectivity index (χ3v) is 6.04. The Labute approximate surface area is 137 Å². The third-order valence-electron chi connectivity index (χ3n) is 3.54. The van der Waals surface area contributed by atoms with Crippen LogP contribution in [0.4, 0.5) is 0 Å². The molecular formula is C12H15Cl2N3O4S. The van der Waals surface area contributed by atoms with Gasteiger partial charge in [0.1, 0.15) is 11.6 Å². The SMILES string of the molecule is CCN(C(=O)Cn1ncc(Cl)c(Cl)c1=O)[C@H]1CCS(=O)(=O)C1. The van der Waals surface area contributed by atoms with Gasteiger partial charge in [0, 0.05) is 12.6 Å². The van der Waals surface area contributed by atoms with Crippen molar-refractivity contribution in [3.63, 3.8) is 0 Å². The van der Waals surface area contributed by atoms with E-state index in [1.54, 1.807) is 6.92 Å². The summed E-state index contributed by atoms with van der Waals surface area (Å²) in [6.45, 7) is 1.81. The molecule has 7 nitrogen and oxygen atoms in total. The molecule has 0 aromatic carbocycles. The van der Waals surface area contributed by atoms with Gasteiger partial charge in [0.05, 0.1) is 22.7 Å². The average Bonchev–Trinajstić information content (AvgIpc) is 2.80. The second kappa shape index (κ2) is 6.55. The van der Waals surface area contributed by atoms with E-state index in [1.165, 1.54) is 11.1 Å². The number of likely N-dealkylation sites (N-methyl/N-ethyl adjacent to an activating group) is 1. The molecule has 0 saturated carbocycles. The van der Waals surface area contributed by atoms with Crippen LogP contribution in [0.3, 0.4) is 0 Å². The molecule has 0 N–H and O–H groups in total. The highest BCUT2D eigenvalue weighted by Gasteiger charge is 2.34. The number of halogens is 2. The van der Waals surface area contributed by atoms with Crippen molar-refractivity contribution in [1.29, 1.82) is 0 Å². The van der Waals surface area contributed by atoms with Crippen LogP contribution in [0, 0.1) is 0 Å². The fourth-order valence-electron chi connectivity index (χ4n) is 2.44. The van der Waals surface area contributed by atoms with Crippen LogP contribution in [-0.4, -0.2) is 53.1 Å². The van der Waals surface area contributed by atoms with Crippen molar-refractivity contribution >= 4 is 38.9 Å². The largest absolute Gasteiger partial charge is 0.337 e. The minimum atomic E-state index is -3.09. The number of rotatable bonds is 4. The Morgan fingerprint density at radius 3 is 2.73 bits per heavy atom. The first-order valence-corrected chi connectivity index (χ1v) is 9.24. The summed E-state index contributed by atoms with van der Waals surface area (Å²) in [5, 5.41) is 3.59. The topological polar surface area (TPSA) is 89.3 Å². The zero-order valence-electron chi connectivity index (χ0n) is 11.8. The molecule has 10 heteroatoms. The summed E-state index contributed by atoms with van der Waals surface area (Å²) >= 11 is 11.4. The highest BCUT2D eigenvalue weighted by Crippen LogP contribution is 2.18. The van der Waals surface area contributed by atoms with Crippen molar-refractivity contribution in [3.05, 3.63) is 26.6 Å². The van der Waals surface area contributed by atoms with Crippen LogP contribution in [0.5, 0.6) is 0 Å². The van der Waals surface area contributed by atoms with E-state index < -0.39 is 15.4 Å². The lowest BCUT2D eigenvalue weighted by Crippen LogP contribution is -2.44. The first-order chi connectivity index (χ1) is 10.2. The van der Waals surface area contributed by atoms with Crippen molar-refractivity contribution in [3.8, 4) is 0 Å². The summed E-state index contributed by atoms with van der Waals surface area (Å²) in [7, 11) is -3.09. The van der Waals surface area contributed by atoms with Gasteiger partial charge < -0.3 is 4.90 Å². The maximum atomic E-state index is 12.3. The molecule has 0 radical (unpaired) electrons. The van der Waals surface area contributed by atoms with Crippen molar-refractivity contribution in [2.24, 2.45) is 0 Å². The molecule has 0 bridgehead atoms. The Morgan fingerprint density at radius 2 is 2.18 bits per heavy atom. The molecule has 0 spiro atoms.